The lowest BCUT2D eigenvalue weighted by atomic mass is 9.76. The van der Waals surface area contributed by atoms with Crippen LogP contribution in [0.3, 0.4) is 0 Å². The normalized spacial score (nSPS) is 19.1. The molecule has 1 aromatic rings. The average Bonchev–Trinajstić information content (AvgIpc) is 2.36. The summed E-state index contributed by atoms with van der Waals surface area (Å²) >= 11 is 0. The SMILES string of the molecule is CCOc1cc(OC2CCC(C)(C)CC2)ccc1N. The van der Waals surface area contributed by atoms with Crippen LogP contribution in [0, 0.1) is 5.41 Å². The number of nitrogens with two attached hydrogens (primary N) is 1. The minimum absolute atomic E-state index is 0.325. The first-order chi connectivity index (χ1) is 9.00. The lowest BCUT2D eigenvalue weighted by Gasteiger charge is -2.34. The molecular weight excluding hydrogens is 238 g/mol. The highest BCUT2D eigenvalue weighted by molar-refractivity contribution is 5.55. The summed E-state index contributed by atoms with van der Waals surface area (Å²) in [5, 5.41) is 0. The van der Waals surface area contributed by atoms with Crippen LogP contribution in [0.5, 0.6) is 11.5 Å². The molecule has 0 radical (unpaired) electrons. The summed E-state index contributed by atoms with van der Waals surface area (Å²) in [6, 6.07) is 5.68. The summed E-state index contributed by atoms with van der Waals surface area (Å²) in [5.74, 6) is 1.58. The van der Waals surface area contributed by atoms with Crippen LogP contribution in [0.15, 0.2) is 18.2 Å². The van der Waals surface area contributed by atoms with Crippen LogP contribution < -0.4 is 15.2 Å². The maximum absolute atomic E-state index is 6.06. The Kier molecular flexibility index (Phi) is 4.23. The monoisotopic (exact) mass is 263 g/mol. The Morgan fingerprint density at radius 2 is 1.95 bits per heavy atom. The summed E-state index contributed by atoms with van der Waals surface area (Å²) in [7, 11) is 0. The predicted octanol–water partition coefficient (Wildman–Crippen LogP) is 4.02. The molecule has 1 fully saturated rings. The number of rotatable bonds is 4. The fourth-order valence-corrected chi connectivity index (χ4v) is 2.55. The van der Waals surface area contributed by atoms with E-state index in [-0.39, 0.29) is 0 Å². The van der Waals surface area contributed by atoms with E-state index in [2.05, 4.69) is 13.8 Å². The van der Waals surface area contributed by atoms with Crippen molar-refractivity contribution in [1.82, 2.24) is 0 Å². The van der Waals surface area contributed by atoms with Crippen molar-refractivity contribution in [2.75, 3.05) is 12.3 Å². The second-order valence-electron chi connectivity index (χ2n) is 6.11. The molecule has 0 aliphatic heterocycles. The molecule has 0 unspecified atom stereocenters. The highest BCUT2D eigenvalue weighted by atomic mass is 16.5. The molecule has 1 saturated carbocycles. The first-order valence-corrected chi connectivity index (χ1v) is 7.19. The third kappa shape index (κ3) is 3.79. The largest absolute Gasteiger partial charge is 0.492 e. The van der Waals surface area contributed by atoms with E-state index in [0.29, 0.717) is 23.8 Å². The third-order valence-corrected chi connectivity index (χ3v) is 3.87. The van der Waals surface area contributed by atoms with Gasteiger partial charge in [0.1, 0.15) is 11.5 Å². The van der Waals surface area contributed by atoms with Crippen molar-refractivity contribution < 1.29 is 9.47 Å². The minimum Gasteiger partial charge on any atom is -0.492 e. The first-order valence-electron chi connectivity index (χ1n) is 7.19. The maximum atomic E-state index is 6.06. The van der Waals surface area contributed by atoms with Crippen molar-refractivity contribution in [2.45, 2.75) is 52.6 Å². The van der Waals surface area contributed by atoms with Gasteiger partial charge in [-0.2, -0.15) is 0 Å². The van der Waals surface area contributed by atoms with Gasteiger partial charge in [-0.25, -0.2) is 0 Å². The Morgan fingerprint density at radius 3 is 2.58 bits per heavy atom. The summed E-state index contributed by atoms with van der Waals surface area (Å²) in [5.41, 5.74) is 7.00. The molecule has 0 spiro atoms. The zero-order valence-corrected chi connectivity index (χ0v) is 12.2. The maximum Gasteiger partial charge on any atom is 0.145 e. The van der Waals surface area contributed by atoms with Crippen molar-refractivity contribution in [3.05, 3.63) is 18.2 Å². The number of anilines is 1. The van der Waals surface area contributed by atoms with Crippen molar-refractivity contribution in [2.24, 2.45) is 5.41 Å². The number of hydrogen-bond acceptors (Lipinski definition) is 3. The Hall–Kier alpha value is -1.38. The number of nitrogen functional groups attached to an aromatic ring is 1. The molecule has 0 bridgehead atoms. The smallest absolute Gasteiger partial charge is 0.145 e. The van der Waals surface area contributed by atoms with Gasteiger partial charge < -0.3 is 15.2 Å². The van der Waals surface area contributed by atoms with Crippen molar-refractivity contribution in [3.63, 3.8) is 0 Å². The van der Waals surface area contributed by atoms with Gasteiger partial charge in [-0.1, -0.05) is 13.8 Å². The molecule has 1 aliphatic rings. The van der Waals surface area contributed by atoms with Gasteiger partial charge in [-0.15, -0.1) is 0 Å². The number of hydrogen-bond donors (Lipinski definition) is 1. The van der Waals surface area contributed by atoms with E-state index >= 15 is 0 Å². The van der Waals surface area contributed by atoms with E-state index in [0.717, 1.165) is 24.3 Å². The van der Waals surface area contributed by atoms with Gasteiger partial charge in [0.25, 0.3) is 0 Å². The van der Waals surface area contributed by atoms with E-state index in [1.165, 1.54) is 12.8 Å². The van der Waals surface area contributed by atoms with E-state index < -0.39 is 0 Å². The zero-order chi connectivity index (χ0) is 13.9. The molecular formula is C16H25NO2. The van der Waals surface area contributed by atoms with E-state index in [1.807, 2.05) is 25.1 Å². The molecule has 19 heavy (non-hydrogen) atoms. The molecule has 0 heterocycles. The van der Waals surface area contributed by atoms with Crippen molar-refractivity contribution in [1.29, 1.82) is 0 Å². The number of ether oxygens (including phenoxy) is 2. The third-order valence-electron chi connectivity index (χ3n) is 3.87. The highest BCUT2D eigenvalue weighted by Crippen LogP contribution is 2.37. The average molecular weight is 263 g/mol. The molecule has 0 aromatic heterocycles. The topological polar surface area (TPSA) is 44.5 Å². The van der Waals surface area contributed by atoms with E-state index in [4.69, 9.17) is 15.2 Å². The lowest BCUT2D eigenvalue weighted by molar-refractivity contribution is 0.0985. The Labute approximate surface area is 116 Å². The second kappa shape index (κ2) is 5.72. The zero-order valence-electron chi connectivity index (χ0n) is 12.2. The first kappa shape index (κ1) is 14.0. The Balaban J connectivity index is 1.98. The van der Waals surface area contributed by atoms with Crippen LogP contribution in [-0.4, -0.2) is 12.7 Å². The van der Waals surface area contributed by atoms with Crippen molar-refractivity contribution in [3.8, 4) is 11.5 Å². The molecule has 1 aromatic carbocycles. The van der Waals surface area contributed by atoms with E-state index in [1.54, 1.807) is 0 Å². The molecule has 3 nitrogen and oxygen atoms in total. The van der Waals surface area contributed by atoms with Crippen LogP contribution >= 0.6 is 0 Å². The van der Waals surface area contributed by atoms with Crippen LogP contribution in [0.1, 0.15) is 46.5 Å². The van der Waals surface area contributed by atoms with Gasteiger partial charge in [0.05, 0.1) is 18.4 Å². The van der Waals surface area contributed by atoms with Gasteiger partial charge in [0, 0.05) is 6.07 Å². The standard InChI is InChI=1S/C16H25NO2/c1-4-18-15-11-13(5-6-14(15)17)19-12-7-9-16(2,3)10-8-12/h5-6,11-12H,4,7-10,17H2,1-3H3. The summed E-state index contributed by atoms with van der Waals surface area (Å²) in [4.78, 5) is 0. The second-order valence-corrected chi connectivity index (χ2v) is 6.11. The van der Waals surface area contributed by atoms with Gasteiger partial charge in [0.2, 0.25) is 0 Å². The van der Waals surface area contributed by atoms with Crippen LogP contribution in [-0.2, 0) is 0 Å². The molecule has 0 saturated heterocycles. The lowest BCUT2D eigenvalue weighted by Crippen LogP contribution is -2.28. The van der Waals surface area contributed by atoms with Crippen LogP contribution in [0.2, 0.25) is 0 Å². The van der Waals surface area contributed by atoms with Crippen LogP contribution in [0.4, 0.5) is 5.69 Å². The summed E-state index contributed by atoms with van der Waals surface area (Å²) in [6.45, 7) is 7.24. The Bertz CT molecular complexity index is 419. The Morgan fingerprint density at radius 1 is 1.26 bits per heavy atom. The molecule has 2 N–H and O–H groups in total. The molecule has 0 amide bonds. The fraction of sp³-hybridized carbons (Fsp3) is 0.625. The van der Waals surface area contributed by atoms with Gasteiger partial charge >= 0.3 is 0 Å². The quantitative estimate of drug-likeness (QED) is 0.835. The fourth-order valence-electron chi connectivity index (χ4n) is 2.55. The summed E-state index contributed by atoms with van der Waals surface area (Å²) in [6.07, 6.45) is 5.03. The molecule has 3 heteroatoms. The van der Waals surface area contributed by atoms with Crippen LogP contribution in [0.25, 0.3) is 0 Å². The highest BCUT2D eigenvalue weighted by Gasteiger charge is 2.27. The molecule has 2 rings (SSSR count). The molecule has 106 valence electrons. The molecule has 0 atom stereocenters. The van der Waals surface area contributed by atoms with Gasteiger partial charge in [-0.05, 0) is 50.2 Å². The molecule has 1 aliphatic carbocycles. The predicted molar refractivity (Wildman–Crippen MR) is 78.7 cm³/mol. The number of benzene rings is 1. The van der Waals surface area contributed by atoms with Gasteiger partial charge in [-0.3, -0.25) is 0 Å². The van der Waals surface area contributed by atoms with Crippen molar-refractivity contribution >= 4 is 5.69 Å². The van der Waals surface area contributed by atoms with Gasteiger partial charge in [0.15, 0.2) is 0 Å². The summed E-state index contributed by atoms with van der Waals surface area (Å²) < 4.78 is 11.5. The van der Waals surface area contributed by atoms with E-state index in [9.17, 15) is 0 Å². The minimum atomic E-state index is 0.325.